The maximum atomic E-state index is 5.60. The van der Waals surface area contributed by atoms with Crippen LogP contribution in [0.3, 0.4) is 0 Å². The van der Waals surface area contributed by atoms with Gasteiger partial charge in [0.25, 0.3) is 0 Å². The average Bonchev–Trinajstić information content (AvgIpc) is 1.79. The smallest absolute Gasteiger partial charge is 0.0568 e. The third kappa shape index (κ3) is 8.69. The van der Waals surface area contributed by atoms with Crippen LogP contribution in [0.1, 0.15) is 39.5 Å². The summed E-state index contributed by atoms with van der Waals surface area (Å²) < 4.78 is 0.366. The summed E-state index contributed by atoms with van der Waals surface area (Å²) in [5.41, 5.74) is 5.60. The highest BCUT2D eigenvalue weighted by Crippen LogP contribution is 2.10. The minimum Gasteiger partial charge on any atom is -0.320 e. The monoisotopic (exact) mass is 255 g/mol. The Morgan fingerprint density at radius 1 is 1.20 bits per heavy atom. The van der Waals surface area contributed by atoms with Crippen molar-refractivity contribution in [1.29, 1.82) is 0 Å². The number of hydrogen-bond donors (Lipinski definition) is 1. The Labute approximate surface area is 77.9 Å². The van der Waals surface area contributed by atoms with E-state index in [-0.39, 0.29) is 0 Å². The molecule has 0 heterocycles. The molecule has 0 saturated carbocycles. The van der Waals surface area contributed by atoms with Crippen molar-refractivity contribution < 1.29 is 0 Å². The van der Waals surface area contributed by atoms with Crippen LogP contribution in [0.15, 0.2) is 0 Å². The lowest BCUT2D eigenvalue weighted by atomic mass is 10.1. The Kier molecular flexibility index (Phi) is 6.85. The molecular weight excluding hydrogens is 237 g/mol. The van der Waals surface area contributed by atoms with Gasteiger partial charge in [0.05, 0.1) is 4.05 Å². The molecule has 10 heavy (non-hydrogen) atoms. The number of nitrogens with two attached hydrogens (primary N) is 1. The third-order valence-corrected chi connectivity index (χ3v) is 2.13. The molecule has 0 aliphatic rings. The molecule has 0 fully saturated rings. The molecule has 0 radical (unpaired) electrons. The van der Waals surface area contributed by atoms with Gasteiger partial charge >= 0.3 is 0 Å². The molecule has 1 atom stereocenters. The van der Waals surface area contributed by atoms with E-state index < -0.39 is 0 Å². The van der Waals surface area contributed by atoms with Gasteiger partial charge in [0, 0.05) is 0 Å². The summed E-state index contributed by atoms with van der Waals surface area (Å²) in [5, 5.41) is 0. The molecule has 2 heteroatoms. The van der Waals surface area contributed by atoms with Crippen molar-refractivity contribution in [3.05, 3.63) is 0 Å². The van der Waals surface area contributed by atoms with Crippen molar-refractivity contribution in [3.8, 4) is 0 Å². The van der Waals surface area contributed by atoms with Crippen molar-refractivity contribution in [3.63, 3.8) is 0 Å². The first-order chi connectivity index (χ1) is 4.63. The van der Waals surface area contributed by atoms with Crippen LogP contribution in [-0.2, 0) is 0 Å². The number of unbranched alkanes of at least 4 members (excludes halogenated alkanes) is 1. The Morgan fingerprint density at radius 2 is 1.70 bits per heavy atom. The Hall–Kier alpha value is 0.690. The predicted molar refractivity (Wildman–Crippen MR) is 55.3 cm³/mol. The molecule has 0 aromatic heterocycles. The third-order valence-electron chi connectivity index (χ3n) is 1.51. The molecule has 0 amide bonds. The molecule has 0 aromatic rings. The van der Waals surface area contributed by atoms with Gasteiger partial charge in [-0.15, -0.1) is 0 Å². The van der Waals surface area contributed by atoms with E-state index in [1.807, 2.05) is 0 Å². The summed E-state index contributed by atoms with van der Waals surface area (Å²) in [6, 6.07) is 0. The second-order valence-electron chi connectivity index (χ2n) is 3.19. The van der Waals surface area contributed by atoms with Crippen molar-refractivity contribution >= 4 is 22.6 Å². The molecule has 0 rings (SSSR count). The largest absolute Gasteiger partial charge is 0.320 e. The lowest BCUT2D eigenvalue weighted by Gasteiger charge is -2.04. The Morgan fingerprint density at radius 3 is 2.10 bits per heavy atom. The summed E-state index contributed by atoms with van der Waals surface area (Å²) in [7, 11) is 0. The molecule has 1 nitrogen and oxygen atoms in total. The molecule has 0 aromatic carbocycles. The molecule has 0 spiro atoms. The standard InChI is InChI=1S/C8H18IN/c1-7(2)5-3-4-6-8(9)10/h7-8H,3-6,10H2,1-2H3. The van der Waals surface area contributed by atoms with Gasteiger partial charge in [-0.1, -0.05) is 55.7 Å². The van der Waals surface area contributed by atoms with Crippen LogP contribution in [0.2, 0.25) is 0 Å². The molecule has 0 aliphatic carbocycles. The number of hydrogen-bond acceptors (Lipinski definition) is 1. The zero-order chi connectivity index (χ0) is 7.98. The van der Waals surface area contributed by atoms with Crippen LogP contribution in [0.25, 0.3) is 0 Å². The van der Waals surface area contributed by atoms with Crippen LogP contribution in [0.5, 0.6) is 0 Å². The van der Waals surface area contributed by atoms with Crippen LogP contribution in [0.4, 0.5) is 0 Å². The number of alkyl halides is 1. The van der Waals surface area contributed by atoms with E-state index in [9.17, 15) is 0 Å². The van der Waals surface area contributed by atoms with Crippen LogP contribution < -0.4 is 5.73 Å². The fourth-order valence-electron chi connectivity index (χ4n) is 0.892. The first kappa shape index (κ1) is 10.7. The maximum Gasteiger partial charge on any atom is 0.0568 e. The van der Waals surface area contributed by atoms with Gasteiger partial charge in [0.15, 0.2) is 0 Å². The van der Waals surface area contributed by atoms with Crippen molar-refractivity contribution in [2.75, 3.05) is 0 Å². The maximum absolute atomic E-state index is 5.60. The van der Waals surface area contributed by atoms with Crippen molar-refractivity contribution in [2.45, 2.75) is 43.6 Å². The highest BCUT2D eigenvalue weighted by Gasteiger charge is 1.96. The van der Waals surface area contributed by atoms with E-state index in [1.165, 1.54) is 25.7 Å². The highest BCUT2D eigenvalue weighted by molar-refractivity contribution is 14.1. The summed E-state index contributed by atoms with van der Waals surface area (Å²) in [4.78, 5) is 0. The van der Waals surface area contributed by atoms with Crippen molar-refractivity contribution in [2.24, 2.45) is 11.7 Å². The van der Waals surface area contributed by atoms with Crippen LogP contribution in [-0.4, -0.2) is 4.05 Å². The number of rotatable bonds is 5. The van der Waals surface area contributed by atoms with Gasteiger partial charge in [-0.2, -0.15) is 0 Å². The fraction of sp³-hybridized carbons (Fsp3) is 1.00. The Balaban J connectivity index is 2.91. The highest BCUT2D eigenvalue weighted by atomic mass is 127. The van der Waals surface area contributed by atoms with E-state index in [1.54, 1.807) is 0 Å². The van der Waals surface area contributed by atoms with Gasteiger partial charge in [0.1, 0.15) is 0 Å². The molecule has 0 saturated heterocycles. The topological polar surface area (TPSA) is 26.0 Å². The zero-order valence-electron chi connectivity index (χ0n) is 6.94. The summed E-state index contributed by atoms with van der Waals surface area (Å²) in [5.74, 6) is 0.852. The number of halogens is 1. The first-order valence-electron chi connectivity index (χ1n) is 4.02. The summed E-state index contributed by atoms with van der Waals surface area (Å²) in [6.45, 7) is 4.54. The van der Waals surface area contributed by atoms with E-state index in [2.05, 4.69) is 36.4 Å². The fourth-order valence-corrected chi connectivity index (χ4v) is 1.33. The molecule has 0 aliphatic heterocycles. The first-order valence-corrected chi connectivity index (χ1v) is 5.27. The SMILES string of the molecule is CC(C)CCCCC(N)I. The minimum absolute atomic E-state index is 0.366. The van der Waals surface area contributed by atoms with Crippen LogP contribution >= 0.6 is 22.6 Å². The van der Waals surface area contributed by atoms with Gasteiger partial charge < -0.3 is 5.73 Å². The van der Waals surface area contributed by atoms with Gasteiger partial charge in [0.2, 0.25) is 0 Å². The normalized spacial score (nSPS) is 14.1. The molecule has 62 valence electrons. The van der Waals surface area contributed by atoms with Gasteiger partial charge in [-0.3, -0.25) is 0 Å². The van der Waals surface area contributed by atoms with E-state index in [0.29, 0.717) is 4.05 Å². The zero-order valence-corrected chi connectivity index (χ0v) is 9.10. The van der Waals surface area contributed by atoms with E-state index in [4.69, 9.17) is 5.73 Å². The second kappa shape index (κ2) is 6.40. The predicted octanol–water partition coefficient (Wildman–Crippen LogP) is 2.92. The van der Waals surface area contributed by atoms with Crippen molar-refractivity contribution in [1.82, 2.24) is 0 Å². The molecular formula is C8H18IN. The second-order valence-corrected chi connectivity index (χ2v) is 4.79. The summed E-state index contributed by atoms with van der Waals surface area (Å²) >= 11 is 2.28. The van der Waals surface area contributed by atoms with Crippen LogP contribution in [0, 0.1) is 5.92 Å². The van der Waals surface area contributed by atoms with Gasteiger partial charge in [-0.25, -0.2) is 0 Å². The van der Waals surface area contributed by atoms with E-state index >= 15 is 0 Å². The molecule has 2 N–H and O–H groups in total. The molecule has 1 unspecified atom stereocenters. The minimum atomic E-state index is 0.366. The molecule has 0 bridgehead atoms. The summed E-state index contributed by atoms with van der Waals surface area (Å²) in [6.07, 6.45) is 5.16. The Bertz CT molecular complexity index is 61.7. The van der Waals surface area contributed by atoms with Gasteiger partial charge in [-0.05, 0) is 12.3 Å². The quantitative estimate of drug-likeness (QED) is 0.347. The van der Waals surface area contributed by atoms with E-state index in [0.717, 1.165) is 5.92 Å². The lowest BCUT2D eigenvalue weighted by molar-refractivity contribution is 0.527. The lowest BCUT2D eigenvalue weighted by Crippen LogP contribution is -2.09. The average molecular weight is 255 g/mol.